The molecule has 20 heavy (non-hydrogen) atoms. The molecule has 0 spiro atoms. The van der Waals surface area contributed by atoms with Gasteiger partial charge in [-0.05, 0) is 18.6 Å². The zero-order chi connectivity index (χ0) is 15.7. The molecule has 2 aromatic rings. The second-order valence-corrected chi connectivity index (χ2v) is 3.91. The zero-order valence-corrected chi connectivity index (χ0v) is 12.8. The summed E-state index contributed by atoms with van der Waals surface area (Å²) in [6, 6.07) is 9.19. The molecule has 0 aliphatic carbocycles. The van der Waals surface area contributed by atoms with E-state index in [1.807, 2.05) is 38.1 Å². The lowest BCUT2D eigenvalue weighted by Gasteiger charge is -2.09. The number of halogens is 1. The van der Waals surface area contributed by atoms with Gasteiger partial charge in [-0.15, -0.1) is 0 Å². The lowest BCUT2D eigenvalue weighted by molar-refractivity contribution is 0.425. The molecule has 1 heterocycles. The molecule has 2 rings (SSSR count). The van der Waals surface area contributed by atoms with Gasteiger partial charge < -0.3 is 10.0 Å². The van der Waals surface area contributed by atoms with Crippen molar-refractivity contribution < 1.29 is 10.0 Å². The van der Waals surface area contributed by atoms with Gasteiger partial charge >= 0.3 is 7.12 Å². The van der Waals surface area contributed by atoms with E-state index in [1.165, 1.54) is 6.92 Å². The normalized spacial score (nSPS) is 8.70. The maximum Gasteiger partial charge on any atom is 0.491 e. The van der Waals surface area contributed by atoms with E-state index in [2.05, 4.69) is 4.98 Å². The highest BCUT2D eigenvalue weighted by molar-refractivity contribution is 6.63. The summed E-state index contributed by atoms with van der Waals surface area (Å²) in [4.78, 5) is 4.10. The van der Waals surface area contributed by atoms with Gasteiger partial charge in [0.2, 0.25) is 0 Å². The monoisotopic (exact) mass is 292 g/mol. The van der Waals surface area contributed by atoms with Crippen LogP contribution in [0.25, 0.3) is 10.9 Å². The number of hydrogen-bond acceptors (Lipinski definition) is 4. The lowest BCUT2D eigenvalue weighted by atomic mass is 9.77. The van der Waals surface area contributed by atoms with Crippen LogP contribution in [-0.4, -0.2) is 22.2 Å². The van der Waals surface area contributed by atoms with Crippen LogP contribution < -0.4 is 5.46 Å². The Morgan fingerprint density at radius 3 is 2.25 bits per heavy atom. The average Bonchev–Trinajstić information content (AvgIpc) is 2.41. The summed E-state index contributed by atoms with van der Waals surface area (Å²) < 4.78 is 0. The second kappa shape index (κ2) is 9.32. The first-order valence-electron chi connectivity index (χ1n) is 6.24. The minimum Gasteiger partial charge on any atom is -0.423 e. The fourth-order valence-corrected chi connectivity index (χ4v) is 1.98. The number of nitrogens with zero attached hydrogens (tertiary/aromatic N) is 2. The molecule has 0 saturated heterocycles. The van der Waals surface area contributed by atoms with E-state index < -0.39 is 7.12 Å². The van der Waals surface area contributed by atoms with Gasteiger partial charge in [0.15, 0.2) is 0 Å². The number of nitriles is 1. The standard InChI is InChI=1S/C10H9BClNO2.C2H3N.C2H6/c1-6-7-4-2-3-5-8(7)13-10(12)9(6)11(14)15;1-2-3;1-2/h2-5,14-15H,1H3;1H3;1-2H3. The molecule has 0 unspecified atom stereocenters. The topological polar surface area (TPSA) is 77.1 Å². The molecular weight excluding hydrogens is 274 g/mol. The van der Waals surface area contributed by atoms with E-state index >= 15 is 0 Å². The van der Waals surface area contributed by atoms with E-state index in [1.54, 1.807) is 13.0 Å². The van der Waals surface area contributed by atoms with Crippen molar-refractivity contribution in [2.75, 3.05) is 0 Å². The summed E-state index contributed by atoms with van der Waals surface area (Å²) >= 11 is 5.87. The van der Waals surface area contributed by atoms with E-state index in [0.717, 1.165) is 16.5 Å². The number of aromatic nitrogens is 1. The molecule has 0 saturated carbocycles. The van der Waals surface area contributed by atoms with Crippen LogP contribution in [0, 0.1) is 18.3 Å². The zero-order valence-electron chi connectivity index (χ0n) is 12.1. The van der Waals surface area contributed by atoms with Crippen molar-refractivity contribution in [1.82, 2.24) is 4.98 Å². The van der Waals surface area contributed by atoms with Gasteiger partial charge in [0.25, 0.3) is 0 Å². The fourth-order valence-electron chi connectivity index (χ4n) is 1.65. The summed E-state index contributed by atoms with van der Waals surface area (Å²) in [5.74, 6) is 0. The number of hydrogen-bond donors (Lipinski definition) is 2. The predicted molar refractivity (Wildman–Crippen MR) is 84.0 cm³/mol. The van der Waals surface area contributed by atoms with Gasteiger partial charge in [-0.25, -0.2) is 4.98 Å². The summed E-state index contributed by atoms with van der Waals surface area (Å²) in [5, 5.41) is 26.7. The Balaban J connectivity index is 0.000000641. The predicted octanol–water partition coefficient (Wildman–Crippen LogP) is 2.43. The Morgan fingerprint density at radius 1 is 1.25 bits per heavy atom. The second-order valence-electron chi connectivity index (χ2n) is 3.56. The SMILES string of the molecule is CC.CC#N.Cc1c(B(O)O)c(Cl)nc2ccccc12. The van der Waals surface area contributed by atoms with Crippen LogP contribution in [-0.2, 0) is 0 Å². The molecule has 0 fully saturated rings. The average molecular weight is 293 g/mol. The van der Waals surface area contributed by atoms with Crippen LogP contribution >= 0.6 is 11.6 Å². The first-order valence-corrected chi connectivity index (χ1v) is 6.62. The smallest absolute Gasteiger partial charge is 0.423 e. The van der Waals surface area contributed by atoms with Crippen molar-refractivity contribution in [2.45, 2.75) is 27.7 Å². The Kier molecular flexibility index (Phi) is 8.57. The third-order valence-corrected chi connectivity index (χ3v) is 2.70. The highest BCUT2D eigenvalue weighted by Crippen LogP contribution is 2.18. The molecule has 0 amide bonds. The Labute approximate surface area is 124 Å². The van der Waals surface area contributed by atoms with Crippen molar-refractivity contribution >= 4 is 35.1 Å². The van der Waals surface area contributed by atoms with E-state index in [0.29, 0.717) is 0 Å². The lowest BCUT2D eigenvalue weighted by Crippen LogP contribution is -2.34. The van der Waals surface area contributed by atoms with Crippen LogP contribution in [0.3, 0.4) is 0 Å². The summed E-state index contributed by atoms with van der Waals surface area (Å²) in [6.07, 6.45) is 0. The minimum absolute atomic E-state index is 0.140. The molecule has 1 aromatic heterocycles. The summed E-state index contributed by atoms with van der Waals surface area (Å²) in [5.41, 5.74) is 1.78. The van der Waals surface area contributed by atoms with Gasteiger partial charge in [0, 0.05) is 17.8 Å². The summed E-state index contributed by atoms with van der Waals surface area (Å²) in [6.45, 7) is 7.23. The van der Waals surface area contributed by atoms with Gasteiger partial charge in [-0.2, -0.15) is 5.26 Å². The van der Waals surface area contributed by atoms with E-state index in [4.69, 9.17) is 16.9 Å². The fraction of sp³-hybridized carbons (Fsp3) is 0.286. The van der Waals surface area contributed by atoms with Gasteiger partial charge in [0.1, 0.15) is 5.15 Å². The Hall–Kier alpha value is -1.61. The van der Waals surface area contributed by atoms with E-state index in [9.17, 15) is 10.0 Å². The number of para-hydroxylation sites is 1. The molecule has 0 radical (unpaired) electrons. The van der Waals surface area contributed by atoms with E-state index in [-0.39, 0.29) is 10.6 Å². The molecule has 2 N–H and O–H groups in total. The highest BCUT2D eigenvalue weighted by Gasteiger charge is 2.20. The first-order chi connectivity index (χ1) is 9.52. The highest BCUT2D eigenvalue weighted by atomic mass is 35.5. The van der Waals surface area contributed by atoms with Crippen LogP contribution in [0.5, 0.6) is 0 Å². The first kappa shape index (κ1) is 18.4. The van der Waals surface area contributed by atoms with Crippen LogP contribution in [0.1, 0.15) is 26.3 Å². The molecule has 6 heteroatoms. The Morgan fingerprint density at radius 2 is 1.75 bits per heavy atom. The van der Waals surface area contributed by atoms with Crippen molar-refractivity contribution in [3.05, 3.63) is 35.0 Å². The van der Waals surface area contributed by atoms with Crippen LogP contribution in [0.15, 0.2) is 24.3 Å². The number of aryl methyl sites for hydroxylation is 1. The maximum absolute atomic E-state index is 9.18. The molecular formula is C14H18BClN2O2. The molecule has 0 aliphatic rings. The number of rotatable bonds is 1. The molecule has 1 aromatic carbocycles. The minimum atomic E-state index is -1.59. The van der Waals surface area contributed by atoms with Crippen molar-refractivity contribution in [3.8, 4) is 6.07 Å². The molecule has 0 atom stereocenters. The maximum atomic E-state index is 9.18. The third kappa shape index (κ3) is 4.50. The number of benzene rings is 1. The van der Waals surface area contributed by atoms with Crippen molar-refractivity contribution in [2.24, 2.45) is 0 Å². The van der Waals surface area contributed by atoms with Crippen LogP contribution in [0.2, 0.25) is 5.15 Å². The van der Waals surface area contributed by atoms with Gasteiger partial charge in [-0.3, -0.25) is 0 Å². The molecule has 0 aliphatic heterocycles. The Bertz CT molecular complexity index is 597. The number of fused-ring (bicyclic) bond motifs is 1. The third-order valence-electron chi connectivity index (χ3n) is 2.41. The quantitative estimate of drug-likeness (QED) is 0.625. The van der Waals surface area contributed by atoms with Crippen LogP contribution in [0.4, 0.5) is 0 Å². The van der Waals surface area contributed by atoms with Crippen molar-refractivity contribution in [1.29, 1.82) is 5.26 Å². The molecule has 106 valence electrons. The molecule has 4 nitrogen and oxygen atoms in total. The van der Waals surface area contributed by atoms with Gasteiger partial charge in [0.05, 0.1) is 11.6 Å². The molecule has 0 bridgehead atoms. The largest absolute Gasteiger partial charge is 0.491 e. The van der Waals surface area contributed by atoms with Gasteiger partial charge in [-0.1, -0.05) is 43.6 Å². The summed E-state index contributed by atoms with van der Waals surface area (Å²) in [7, 11) is -1.59. The number of pyridine rings is 1. The van der Waals surface area contributed by atoms with Crippen molar-refractivity contribution in [3.63, 3.8) is 0 Å².